The number of rotatable bonds is 4. The molecule has 10 heteroatoms. The molecule has 3 aromatic carbocycles. The number of ether oxygens (including phenoxy) is 3. The molecule has 182 valence electrons. The number of hydrogen-bond donors (Lipinski definition) is 6. The van der Waals surface area contributed by atoms with Crippen molar-refractivity contribution >= 4 is 5.78 Å². The molecule has 0 spiro atoms. The number of aliphatic hydroxyl groups is 2. The first-order valence-electron chi connectivity index (χ1n) is 10.7. The van der Waals surface area contributed by atoms with Crippen LogP contribution < -0.4 is 14.2 Å². The van der Waals surface area contributed by atoms with Crippen molar-refractivity contribution in [3.8, 4) is 40.2 Å². The van der Waals surface area contributed by atoms with Gasteiger partial charge < -0.3 is 44.8 Å². The van der Waals surface area contributed by atoms with E-state index in [9.17, 15) is 35.4 Å². The van der Waals surface area contributed by atoms with Gasteiger partial charge in [0.1, 0.15) is 28.9 Å². The third kappa shape index (κ3) is 3.54. The molecule has 0 aromatic heterocycles. The minimum absolute atomic E-state index is 0.0668. The number of aromatic hydroxyl groups is 4. The van der Waals surface area contributed by atoms with E-state index in [1.165, 1.54) is 19.2 Å². The van der Waals surface area contributed by atoms with E-state index in [4.69, 9.17) is 14.2 Å². The molecule has 2 aliphatic heterocycles. The Morgan fingerprint density at radius 2 is 1.66 bits per heavy atom. The van der Waals surface area contributed by atoms with Crippen LogP contribution in [-0.2, 0) is 0 Å². The average Bonchev–Trinajstić information content (AvgIpc) is 3.20. The fourth-order valence-electron chi connectivity index (χ4n) is 4.63. The summed E-state index contributed by atoms with van der Waals surface area (Å²) in [5.41, 5.74) is 0.976. The standard InChI is InChI=1S/C25H22O10/c1-33-18-6-10(2-3-15(18)28)23-14(9-26)13-4-11(5-17(30)25(13)35-23)24-22(32)21(31)20-16(29)7-12(27)8-19(20)34-24/h2-8,14,22-24,26-30,32H,9H2,1H3/t14-,22-,23+,24+/m1/s1. The fourth-order valence-corrected chi connectivity index (χ4v) is 4.63. The summed E-state index contributed by atoms with van der Waals surface area (Å²) in [5, 5.41) is 61.3. The highest BCUT2D eigenvalue weighted by Crippen LogP contribution is 2.52. The molecule has 10 nitrogen and oxygen atoms in total. The van der Waals surface area contributed by atoms with Gasteiger partial charge in [0.15, 0.2) is 35.2 Å². The lowest BCUT2D eigenvalue weighted by Gasteiger charge is -2.30. The van der Waals surface area contributed by atoms with Gasteiger partial charge in [-0.15, -0.1) is 0 Å². The lowest BCUT2D eigenvalue weighted by molar-refractivity contribution is 0.0209. The van der Waals surface area contributed by atoms with Crippen LogP contribution in [0.1, 0.15) is 45.2 Å². The summed E-state index contributed by atoms with van der Waals surface area (Å²) in [6.07, 6.45) is -3.69. The van der Waals surface area contributed by atoms with Crippen molar-refractivity contribution in [3.05, 3.63) is 64.7 Å². The van der Waals surface area contributed by atoms with E-state index in [0.29, 0.717) is 11.1 Å². The third-order valence-corrected chi connectivity index (χ3v) is 6.31. The van der Waals surface area contributed by atoms with Crippen molar-refractivity contribution in [1.82, 2.24) is 0 Å². The van der Waals surface area contributed by atoms with Crippen LogP contribution >= 0.6 is 0 Å². The number of benzene rings is 3. The molecule has 0 amide bonds. The first-order valence-corrected chi connectivity index (χ1v) is 10.7. The van der Waals surface area contributed by atoms with Gasteiger partial charge in [0, 0.05) is 17.7 Å². The van der Waals surface area contributed by atoms with Crippen molar-refractivity contribution < 1.29 is 49.6 Å². The van der Waals surface area contributed by atoms with E-state index >= 15 is 0 Å². The molecule has 2 aliphatic rings. The fraction of sp³-hybridized carbons (Fsp3) is 0.240. The second kappa shape index (κ2) is 8.26. The Morgan fingerprint density at radius 3 is 2.37 bits per heavy atom. The predicted molar refractivity (Wildman–Crippen MR) is 119 cm³/mol. The highest BCUT2D eigenvalue weighted by molar-refractivity contribution is 6.05. The van der Waals surface area contributed by atoms with Crippen LogP contribution in [0.3, 0.4) is 0 Å². The van der Waals surface area contributed by atoms with Gasteiger partial charge in [-0.1, -0.05) is 6.07 Å². The SMILES string of the molecule is COc1cc([C@@H]2Oc3c(O)cc([C@@H]4Oc5cc(O)cc(O)c5C(=O)[C@H]4O)cc3[C@H]2CO)ccc1O. The zero-order valence-electron chi connectivity index (χ0n) is 18.4. The lowest BCUT2D eigenvalue weighted by Crippen LogP contribution is -2.36. The maximum absolute atomic E-state index is 12.8. The highest BCUT2D eigenvalue weighted by Gasteiger charge is 2.42. The molecule has 2 heterocycles. The highest BCUT2D eigenvalue weighted by atomic mass is 16.5. The number of phenols is 4. The van der Waals surface area contributed by atoms with Gasteiger partial charge in [0.25, 0.3) is 0 Å². The first-order chi connectivity index (χ1) is 16.7. The number of ketones is 1. The summed E-state index contributed by atoms with van der Waals surface area (Å²) in [7, 11) is 1.40. The van der Waals surface area contributed by atoms with Gasteiger partial charge in [-0.25, -0.2) is 0 Å². The van der Waals surface area contributed by atoms with E-state index < -0.39 is 35.8 Å². The van der Waals surface area contributed by atoms with Crippen LogP contribution in [-0.4, -0.2) is 56.2 Å². The van der Waals surface area contributed by atoms with Crippen LogP contribution in [0.15, 0.2) is 42.5 Å². The molecule has 35 heavy (non-hydrogen) atoms. The zero-order chi connectivity index (χ0) is 25.0. The van der Waals surface area contributed by atoms with Crippen LogP contribution in [0, 0.1) is 0 Å². The molecular weight excluding hydrogens is 460 g/mol. The molecule has 4 atom stereocenters. The van der Waals surface area contributed by atoms with E-state index in [-0.39, 0.29) is 52.2 Å². The van der Waals surface area contributed by atoms with Crippen LogP contribution in [0.25, 0.3) is 0 Å². The topological polar surface area (TPSA) is 166 Å². The summed E-state index contributed by atoms with van der Waals surface area (Å²) in [5.74, 6) is -2.45. The Kier molecular flexibility index (Phi) is 5.34. The quantitative estimate of drug-likeness (QED) is 0.325. The van der Waals surface area contributed by atoms with E-state index in [0.717, 1.165) is 12.1 Å². The molecule has 0 saturated carbocycles. The van der Waals surface area contributed by atoms with Gasteiger partial charge >= 0.3 is 0 Å². The Morgan fingerprint density at radius 1 is 0.886 bits per heavy atom. The smallest absolute Gasteiger partial charge is 0.202 e. The summed E-state index contributed by atoms with van der Waals surface area (Å²) in [6.45, 7) is -0.360. The van der Waals surface area contributed by atoms with Gasteiger partial charge in [0.2, 0.25) is 5.78 Å². The maximum Gasteiger partial charge on any atom is 0.202 e. The first kappa shape index (κ1) is 22.6. The molecule has 0 bridgehead atoms. The zero-order valence-corrected chi connectivity index (χ0v) is 18.4. The number of carbonyl (C=O) groups is 1. The Bertz CT molecular complexity index is 1330. The Balaban J connectivity index is 1.54. The van der Waals surface area contributed by atoms with Crippen molar-refractivity contribution in [2.24, 2.45) is 0 Å². The number of fused-ring (bicyclic) bond motifs is 2. The number of phenolic OH excluding ortho intramolecular Hbond substituents is 4. The van der Waals surface area contributed by atoms with E-state index in [1.807, 2.05) is 0 Å². The Labute approximate surface area is 198 Å². The molecule has 6 N–H and O–H groups in total. The second-order valence-corrected chi connectivity index (χ2v) is 8.40. The van der Waals surface area contributed by atoms with Gasteiger partial charge in [-0.3, -0.25) is 4.79 Å². The van der Waals surface area contributed by atoms with Crippen LogP contribution in [0.2, 0.25) is 0 Å². The average molecular weight is 482 g/mol. The van der Waals surface area contributed by atoms with Crippen molar-refractivity contribution in [2.75, 3.05) is 13.7 Å². The van der Waals surface area contributed by atoms with Gasteiger partial charge in [0.05, 0.1) is 19.6 Å². The molecule has 0 unspecified atom stereocenters. The number of hydrogen-bond acceptors (Lipinski definition) is 10. The molecule has 0 radical (unpaired) electrons. The summed E-state index contributed by atoms with van der Waals surface area (Å²) < 4.78 is 16.9. The summed E-state index contributed by atoms with van der Waals surface area (Å²) in [6, 6.07) is 9.56. The number of aliphatic hydroxyl groups excluding tert-OH is 2. The third-order valence-electron chi connectivity index (χ3n) is 6.31. The number of methoxy groups -OCH3 is 1. The molecule has 0 fully saturated rings. The molecule has 0 saturated heterocycles. The Hall–Kier alpha value is -4.15. The van der Waals surface area contributed by atoms with Crippen molar-refractivity contribution in [2.45, 2.75) is 24.2 Å². The van der Waals surface area contributed by atoms with Crippen molar-refractivity contribution in [3.63, 3.8) is 0 Å². The number of carbonyl (C=O) groups excluding carboxylic acids is 1. The summed E-state index contributed by atoms with van der Waals surface area (Å²) in [4.78, 5) is 12.8. The second-order valence-electron chi connectivity index (χ2n) is 8.40. The van der Waals surface area contributed by atoms with Crippen LogP contribution in [0.4, 0.5) is 0 Å². The number of Topliss-reactive ketones (excluding diaryl/α,β-unsaturated/α-hetero) is 1. The van der Waals surface area contributed by atoms with E-state index in [1.54, 1.807) is 18.2 Å². The van der Waals surface area contributed by atoms with Gasteiger partial charge in [-0.05, 0) is 35.4 Å². The molecule has 3 aromatic rings. The normalized spacial score (nSPS) is 22.7. The van der Waals surface area contributed by atoms with Gasteiger partial charge in [-0.2, -0.15) is 0 Å². The molecular formula is C25H22O10. The van der Waals surface area contributed by atoms with E-state index in [2.05, 4.69) is 0 Å². The maximum atomic E-state index is 12.8. The molecule has 0 aliphatic carbocycles. The van der Waals surface area contributed by atoms with Crippen molar-refractivity contribution in [1.29, 1.82) is 0 Å². The van der Waals surface area contributed by atoms with Crippen LogP contribution in [0.5, 0.6) is 40.2 Å². The minimum Gasteiger partial charge on any atom is -0.508 e. The predicted octanol–water partition coefficient (Wildman–Crippen LogP) is 2.40. The summed E-state index contributed by atoms with van der Waals surface area (Å²) >= 11 is 0. The lowest BCUT2D eigenvalue weighted by atomic mass is 9.87. The largest absolute Gasteiger partial charge is 0.508 e. The monoisotopic (exact) mass is 482 g/mol. The minimum atomic E-state index is -1.71. The molecule has 5 rings (SSSR count).